The molecule has 0 unspecified atom stereocenters. The summed E-state index contributed by atoms with van der Waals surface area (Å²) in [4.78, 5) is 11.8. The fraction of sp³-hybridized carbons (Fsp3) is 0.0833. The predicted molar refractivity (Wildman–Crippen MR) is 91.5 cm³/mol. The molecule has 6 nitrogen and oxygen atoms in total. The minimum absolute atomic E-state index is 0.144. The van der Waals surface area contributed by atoms with Gasteiger partial charge in [-0.05, 0) is 24.4 Å². The minimum Gasteiger partial charge on any atom is -0.300 e. The van der Waals surface area contributed by atoms with Crippen LogP contribution >= 0.6 is 46.7 Å². The van der Waals surface area contributed by atoms with E-state index in [9.17, 15) is 4.79 Å². The van der Waals surface area contributed by atoms with Crippen molar-refractivity contribution >= 4 is 57.7 Å². The first kappa shape index (κ1) is 15.3. The Morgan fingerprint density at radius 2 is 2.18 bits per heavy atom. The molecular formula is C12H9N5OS4. The van der Waals surface area contributed by atoms with Gasteiger partial charge in [0.15, 0.2) is 8.29 Å². The summed E-state index contributed by atoms with van der Waals surface area (Å²) in [6.07, 6.45) is 0. The van der Waals surface area contributed by atoms with E-state index >= 15 is 0 Å². The van der Waals surface area contributed by atoms with Gasteiger partial charge in [0.05, 0.1) is 11.4 Å². The first-order valence-corrected chi connectivity index (χ1v) is 9.16. The van der Waals surface area contributed by atoms with Crippen molar-refractivity contribution < 1.29 is 4.79 Å². The number of aromatic nitrogens is 4. The molecule has 3 rings (SSSR count). The summed E-state index contributed by atoms with van der Waals surface area (Å²) in [5.74, 6) is 0.102. The molecular weight excluding hydrogens is 358 g/mol. The van der Waals surface area contributed by atoms with Crippen LogP contribution in [-0.2, 0) is 4.79 Å². The van der Waals surface area contributed by atoms with Crippen molar-refractivity contribution in [2.75, 3.05) is 11.1 Å². The summed E-state index contributed by atoms with van der Waals surface area (Å²) in [5.41, 5.74) is 2.48. The van der Waals surface area contributed by atoms with E-state index in [2.05, 4.69) is 20.6 Å². The van der Waals surface area contributed by atoms with Gasteiger partial charge in [0.1, 0.15) is 5.51 Å². The Kier molecular flexibility index (Phi) is 4.93. The van der Waals surface area contributed by atoms with Crippen molar-refractivity contribution in [2.24, 2.45) is 0 Å². The van der Waals surface area contributed by atoms with E-state index in [-0.39, 0.29) is 11.7 Å². The molecule has 0 aliphatic heterocycles. The molecule has 0 bridgehead atoms. The fourth-order valence-corrected chi connectivity index (χ4v) is 4.18. The van der Waals surface area contributed by atoms with Crippen LogP contribution in [0.1, 0.15) is 0 Å². The number of carbonyl (C=O) groups is 1. The largest absolute Gasteiger partial charge is 0.300 e. The summed E-state index contributed by atoms with van der Waals surface area (Å²) in [5, 5.41) is 15.0. The summed E-state index contributed by atoms with van der Waals surface area (Å²) in [6.45, 7) is 0. The molecule has 0 aliphatic carbocycles. The van der Waals surface area contributed by atoms with E-state index in [1.807, 2.05) is 30.3 Å². The van der Waals surface area contributed by atoms with Gasteiger partial charge in [0.25, 0.3) is 0 Å². The smallest absolute Gasteiger partial charge is 0.236 e. The summed E-state index contributed by atoms with van der Waals surface area (Å²) in [6, 6.07) is 9.67. The number of carbonyl (C=O) groups excluding carboxylic acids is 1. The van der Waals surface area contributed by atoms with E-state index in [0.29, 0.717) is 9.09 Å². The summed E-state index contributed by atoms with van der Waals surface area (Å²) >= 11 is 9.32. The average molecular weight is 368 g/mol. The third kappa shape index (κ3) is 3.77. The van der Waals surface area contributed by atoms with Crippen LogP contribution in [0.3, 0.4) is 0 Å². The Morgan fingerprint density at radius 3 is 2.91 bits per heavy atom. The number of rotatable bonds is 5. The lowest BCUT2D eigenvalue weighted by Crippen LogP contribution is -2.13. The SMILES string of the molecule is O=C(CSc1nn(-c2ccccc2)c(=S)s1)Nc1nncs1. The lowest BCUT2D eigenvalue weighted by Gasteiger charge is -2.00. The molecule has 10 heteroatoms. The Hall–Kier alpha value is -1.62. The molecule has 112 valence electrons. The maximum absolute atomic E-state index is 11.8. The normalized spacial score (nSPS) is 10.5. The van der Waals surface area contributed by atoms with E-state index in [0.717, 1.165) is 10.0 Å². The van der Waals surface area contributed by atoms with Gasteiger partial charge in [-0.15, -0.1) is 15.3 Å². The molecule has 1 amide bonds. The third-order valence-corrected chi connectivity index (χ3v) is 5.44. The molecule has 0 radical (unpaired) electrons. The Morgan fingerprint density at radius 1 is 1.36 bits per heavy atom. The summed E-state index contributed by atoms with van der Waals surface area (Å²) in [7, 11) is 0. The van der Waals surface area contributed by atoms with Crippen LogP contribution < -0.4 is 5.32 Å². The second-order valence-corrected chi connectivity index (χ2v) is 7.64. The van der Waals surface area contributed by atoms with Gasteiger partial charge in [-0.3, -0.25) is 10.1 Å². The van der Waals surface area contributed by atoms with Crippen LogP contribution in [0.25, 0.3) is 5.69 Å². The third-order valence-electron chi connectivity index (χ3n) is 2.46. The number of benzene rings is 1. The molecule has 1 aromatic carbocycles. The van der Waals surface area contributed by atoms with Crippen LogP contribution in [0.15, 0.2) is 40.2 Å². The van der Waals surface area contributed by atoms with Crippen LogP contribution in [0, 0.1) is 3.95 Å². The number of para-hydroxylation sites is 1. The molecule has 0 fully saturated rings. The molecule has 22 heavy (non-hydrogen) atoms. The van der Waals surface area contributed by atoms with E-state index in [4.69, 9.17) is 12.2 Å². The Labute approximate surface area is 143 Å². The molecule has 0 saturated carbocycles. The molecule has 3 aromatic rings. The van der Waals surface area contributed by atoms with Gasteiger partial charge >= 0.3 is 0 Å². The molecule has 0 saturated heterocycles. The molecule has 2 heterocycles. The maximum Gasteiger partial charge on any atom is 0.236 e. The van der Waals surface area contributed by atoms with Gasteiger partial charge in [0, 0.05) is 0 Å². The Bertz CT molecular complexity index is 812. The standard InChI is InChI=1S/C12H9N5OS4/c18-9(14-10-15-13-7-21-10)6-20-11-16-17(12(19)22-11)8-4-2-1-3-5-8/h1-5,7H,6H2,(H,14,15,18). The minimum atomic E-state index is -0.144. The maximum atomic E-state index is 11.8. The molecule has 0 spiro atoms. The van der Waals surface area contributed by atoms with Gasteiger partial charge in [-0.25, -0.2) is 4.68 Å². The zero-order valence-electron chi connectivity index (χ0n) is 11.0. The molecule has 2 aromatic heterocycles. The zero-order valence-corrected chi connectivity index (χ0v) is 14.3. The van der Waals surface area contributed by atoms with Crippen molar-refractivity contribution in [1.29, 1.82) is 0 Å². The number of nitrogens with one attached hydrogen (secondary N) is 1. The van der Waals surface area contributed by atoms with Crippen LogP contribution in [0.4, 0.5) is 5.13 Å². The highest BCUT2D eigenvalue weighted by molar-refractivity contribution is 8.01. The highest BCUT2D eigenvalue weighted by Crippen LogP contribution is 2.24. The van der Waals surface area contributed by atoms with Crippen molar-refractivity contribution in [3.05, 3.63) is 39.8 Å². The average Bonchev–Trinajstić information content (AvgIpc) is 3.16. The van der Waals surface area contributed by atoms with E-state index in [1.165, 1.54) is 34.4 Å². The van der Waals surface area contributed by atoms with Crippen molar-refractivity contribution in [3.63, 3.8) is 0 Å². The number of thioether (sulfide) groups is 1. The number of nitrogens with zero attached hydrogens (tertiary/aromatic N) is 4. The van der Waals surface area contributed by atoms with Crippen LogP contribution in [0.2, 0.25) is 0 Å². The van der Waals surface area contributed by atoms with Gasteiger partial charge < -0.3 is 0 Å². The lowest BCUT2D eigenvalue weighted by atomic mass is 10.3. The molecule has 0 atom stereocenters. The van der Waals surface area contributed by atoms with E-state index in [1.54, 1.807) is 10.2 Å². The van der Waals surface area contributed by atoms with Gasteiger partial charge in [-0.1, -0.05) is 52.6 Å². The Balaban J connectivity index is 1.64. The van der Waals surface area contributed by atoms with E-state index < -0.39 is 0 Å². The van der Waals surface area contributed by atoms with Crippen molar-refractivity contribution in [1.82, 2.24) is 20.0 Å². The molecule has 0 aliphatic rings. The number of hydrogen-bond acceptors (Lipinski definition) is 8. The first-order valence-electron chi connectivity index (χ1n) is 6.07. The molecule has 1 N–H and O–H groups in total. The predicted octanol–water partition coefficient (Wildman–Crippen LogP) is 3.25. The number of anilines is 1. The number of hydrogen-bond donors (Lipinski definition) is 1. The fourth-order valence-electron chi connectivity index (χ4n) is 1.56. The van der Waals surface area contributed by atoms with Crippen LogP contribution in [0.5, 0.6) is 0 Å². The highest BCUT2D eigenvalue weighted by Gasteiger charge is 2.10. The summed E-state index contributed by atoms with van der Waals surface area (Å²) < 4.78 is 3.10. The zero-order chi connectivity index (χ0) is 15.4. The monoisotopic (exact) mass is 367 g/mol. The van der Waals surface area contributed by atoms with Crippen LogP contribution in [-0.4, -0.2) is 31.6 Å². The van der Waals surface area contributed by atoms with Gasteiger partial charge in [-0.2, -0.15) is 0 Å². The van der Waals surface area contributed by atoms with Gasteiger partial charge in [0.2, 0.25) is 11.0 Å². The number of amides is 1. The second kappa shape index (κ2) is 7.09. The topological polar surface area (TPSA) is 72.7 Å². The van der Waals surface area contributed by atoms with Crippen molar-refractivity contribution in [2.45, 2.75) is 4.34 Å². The lowest BCUT2D eigenvalue weighted by molar-refractivity contribution is -0.113. The first-order chi connectivity index (χ1) is 10.7. The second-order valence-electron chi connectivity index (χ2n) is 3.96. The highest BCUT2D eigenvalue weighted by atomic mass is 32.2. The quantitative estimate of drug-likeness (QED) is 0.551. The van der Waals surface area contributed by atoms with Crippen molar-refractivity contribution in [3.8, 4) is 5.69 Å².